The highest BCUT2D eigenvalue weighted by Gasteiger charge is 2.13. The van der Waals surface area contributed by atoms with Crippen LogP contribution in [0.1, 0.15) is 6.42 Å². The third kappa shape index (κ3) is 2.66. The predicted molar refractivity (Wildman–Crippen MR) is 49.4 cm³/mol. The minimum atomic E-state index is -0.808. The van der Waals surface area contributed by atoms with Gasteiger partial charge in [-0.05, 0) is 12.5 Å². The molecule has 0 aromatic heterocycles. The van der Waals surface area contributed by atoms with Gasteiger partial charge in [0.2, 0.25) is 0 Å². The molecule has 0 bridgehead atoms. The van der Waals surface area contributed by atoms with E-state index in [0.29, 0.717) is 0 Å². The van der Waals surface area contributed by atoms with E-state index in [-0.39, 0.29) is 0 Å². The van der Waals surface area contributed by atoms with Crippen molar-refractivity contribution in [2.75, 3.05) is 0 Å². The van der Waals surface area contributed by atoms with Crippen LogP contribution in [-0.4, -0.2) is 17.2 Å². The standard InChI is InChI=1S/C9H12N2O2/c1-2-8(13-9(10)12)11-6-4-3-5-7-11/h2,4-8H,1,3H2,(H2,10,12). The molecule has 0 aromatic rings. The molecule has 0 radical (unpaired) electrons. The molecule has 0 saturated carbocycles. The number of hydrogen-bond acceptors (Lipinski definition) is 3. The Morgan fingerprint density at radius 3 is 2.69 bits per heavy atom. The SMILES string of the molecule is C=CC(OC(N)=O)N1C=CCC=C1. The maximum atomic E-state index is 10.5. The van der Waals surface area contributed by atoms with E-state index in [1.807, 2.05) is 24.6 Å². The average Bonchev–Trinajstić information content (AvgIpc) is 2.15. The molecular formula is C9H12N2O2. The molecule has 0 aliphatic carbocycles. The average molecular weight is 180 g/mol. The van der Waals surface area contributed by atoms with Crippen molar-refractivity contribution in [1.29, 1.82) is 0 Å². The fourth-order valence-corrected chi connectivity index (χ4v) is 1.01. The van der Waals surface area contributed by atoms with Gasteiger partial charge >= 0.3 is 6.09 Å². The topological polar surface area (TPSA) is 55.6 Å². The number of hydrogen-bond donors (Lipinski definition) is 1. The molecule has 0 aromatic carbocycles. The maximum absolute atomic E-state index is 10.5. The Kier molecular flexibility index (Phi) is 3.14. The first-order valence-corrected chi connectivity index (χ1v) is 3.93. The second-order valence-corrected chi connectivity index (χ2v) is 2.52. The molecule has 1 heterocycles. The van der Waals surface area contributed by atoms with Crippen LogP contribution in [0.4, 0.5) is 4.79 Å². The molecule has 13 heavy (non-hydrogen) atoms. The van der Waals surface area contributed by atoms with Crippen LogP contribution in [0.2, 0.25) is 0 Å². The molecule has 0 fully saturated rings. The number of nitrogens with two attached hydrogens (primary N) is 1. The summed E-state index contributed by atoms with van der Waals surface area (Å²) in [6, 6.07) is 0. The van der Waals surface area contributed by atoms with Crippen LogP contribution in [0.15, 0.2) is 37.2 Å². The lowest BCUT2D eigenvalue weighted by Gasteiger charge is -2.25. The third-order valence-electron chi connectivity index (χ3n) is 1.56. The predicted octanol–water partition coefficient (Wildman–Crippen LogP) is 1.33. The number of carbonyl (C=O) groups is 1. The van der Waals surface area contributed by atoms with E-state index >= 15 is 0 Å². The number of primary amides is 1. The summed E-state index contributed by atoms with van der Waals surface area (Å²) < 4.78 is 4.78. The zero-order valence-electron chi connectivity index (χ0n) is 7.22. The lowest BCUT2D eigenvalue weighted by molar-refractivity contribution is 0.0717. The highest BCUT2D eigenvalue weighted by molar-refractivity contribution is 5.65. The molecule has 70 valence electrons. The first-order valence-electron chi connectivity index (χ1n) is 3.93. The van der Waals surface area contributed by atoms with Gasteiger partial charge in [0, 0.05) is 12.4 Å². The van der Waals surface area contributed by atoms with Gasteiger partial charge in [-0.15, -0.1) is 0 Å². The van der Waals surface area contributed by atoms with Crippen LogP contribution in [0, 0.1) is 0 Å². The summed E-state index contributed by atoms with van der Waals surface area (Å²) >= 11 is 0. The summed E-state index contributed by atoms with van der Waals surface area (Å²) in [6.45, 7) is 3.55. The van der Waals surface area contributed by atoms with Crippen molar-refractivity contribution in [1.82, 2.24) is 4.90 Å². The fourth-order valence-electron chi connectivity index (χ4n) is 1.01. The first-order chi connectivity index (χ1) is 6.24. The van der Waals surface area contributed by atoms with Gasteiger partial charge in [-0.1, -0.05) is 18.7 Å². The molecule has 1 atom stereocenters. The Labute approximate surface area is 77.0 Å². The Bertz CT molecular complexity index is 246. The number of carbonyl (C=O) groups excluding carboxylic acids is 1. The van der Waals surface area contributed by atoms with Crippen LogP contribution in [-0.2, 0) is 4.74 Å². The monoisotopic (exact) mass is 180 g/mol. The van der Waals surface area contributed by atoms with Gasteiger partial charge in [0.25, 0.3) is 0 Å². The molecule has 1 aliphatic heterocycles. The number of allylic oxidation sites excluding steroid dienone is 2. The van der Waals surface area contributed by atoms with E-state index < -0.39 is 12.3 Å². The van der Waals surface area contributed by atoms with E-state index in [9.17, 15) is 4.79 Å². The largest absolute Gasteiger partial charge is 0.422 e. The third-order valence-corrected chi connectivity index (χ3v) is 1.56. The Hall–Kier alpha value is -1.71. The van der Waals surface area contributed by atoms with Gasteiger partial charge in [-0.3, -0.25) is 0 Å². The van der Waals surface area contributed by atoms with Gasteiger partial charge < -0.3 is 15.4 Å². The van der Waals surface area contributed by atoms with Crippen LogP contribution < -0.4 is 5.73 Å². The van der Waals surface area contributed by atoms with Gasteiger partial charge in [-0.2, -0.15) is 0 Å². The minimum Gasteiger partial charge on any atom is -0.422 e. The van der Waals surface area contributed by atoms with E-state index in [0.717, 1.165) is 6.42 Å². The maximum Gasteiger partial charge on any atom is 0.406 e. The van der Waals surface area contributed by atoms with Gasteiger partial charge in [0.05, 0.1) is 0 Å². The van der Waals surface area contributed by atoms with E-state index in [4.69, 9.17) is 10.5 Å². The first kappa shape index (κ1) is 9.38. The summed E-state index contributed by atoms with van der Waals surface area (Å²) in [5.74, 6) is 0. The summed E-state index contributed by atoms with van der Waals surface area (Å²) in [4.78, 5) is 12.2. The van der Waals surface area contributed by atoms with Gasteiger partial charge in [-0.25, -0.2) is 4.79 Å². The zero-order chi connectivity index (χ0) is 9.68. The molecule has 0 spiro atoms. The molecule has 1 amide bonds. The molecule has 2 N–H and O–H groups in total. The molecule has 4 nitrogen and oxygen atoms in total. The second kappa shape index (κ2) is 4.35. The Balaban J connectivity index is 2.59. The lowest BCUT2D eigenvalue weighted by Crippen LogP contribution is -2.32. The highest BCUT2D eigenvalue weighted by Crippen LogP contribution is 2.09. The van der Waals surface area contributed by atoms with Crippen molar-refractivity contribution >= 4 is 6.09 Å². The lowest BCUT2D eigenvalue weighted by atomic mass is 10.3. The minimum absolute atomic E-state index is 0.523. The Morgan fingerprint density at radius 2 is 2.23 bits per heavy atom. The summed E-state index contributed by atoms with van der Waals surface area (Å²) in [7, 11) is 0. The van der Waals surface area contributed by atoms with Crippen molar-refractivity contribution in [2.45, 2.75) is 12.6 Å². The molecule has 4 heteroatoms. The van der Waals surface area contributed by atoms with E-state index in [1.165, 1.54) is 6.08 Å². The fraction of sp³-hybridized carbons (Fsp3) is 0.222. The van der Waals surface area contributed by atoms with Crippen molar-refractivity contribution < 1.29 is 9.53 Å². The summed E-state index contributed by atoms with van der Waals surface area (Å²) in [6.07, 6.45) is 8.58. The number of ether oxygens (including phenoxy) is 1. The van der Waals surface area contributed by atoms with E-state index in [1.54, 1.807) is 4.90 Å². The normalized spacial score (nSPS) is 16.8. The summed E-state index contributed by atoms with van der Waals surface area (Å²) in [5, 5.41) is 0. The molecule has 1 aliphatic rings. The second-order valence-electron chi connectivity index (χ2n) is 2.52. The van der Waals surface area contributed by atoms with Crippen molar-refractivity contribution in [2.24, 2.45) is 5.73 Å². The zero-order valence-corrected chi connectivity index (χ0v) is 7.22. The molecular weight excluding hydrogens is 168 g/mol. The molecule has 1 unspecified atom stereocenters. The quantitative estimate of drug-likeness (QED) is 0.666. The summed E-state index contributed by atoms with van der Waals surface area (Å²) in [5.41, 5.74) is 4.89. The Morgan fingerprint density at radius 1 is 1.62 bits per heavy atom. The van der Waals surface area contributed by atoms with Crippen molar-refractivity contribution in [3.63, 3.8) is 0 Å². The van der Waals surface area contributed by atoms with Gasteiger partial charge in [0.1, 0.15) is 0 Å². The number of amides is 1. The van der Waals surface area contributed by atoms with Crippen molar-refractivity contribution in [3.05, 3.63) is 37.2 Å². The van der Waals surface area contributed by atoms with Crippen LogP contribution in [0.25, 0.3) is 0 Å². The smallest absolute Gasteiger partial charge is 0.406 e. The highest BCUT2D eigenvalue weighted by atomic mass is 16.6. The van der Waals surface area contributed by atoms with Crippen LogP contribution >= 0.6 is 0 Å². The molecule has 1 rings (SSSR count). The van der Waals surface area contributed by atoms with Crippen molar-refractivity contribution in [3.8, 4) is 0 Å². The van der Waals surface area contributed by atoms with E-state index in [2.05, 4.69) is 6.58 Å². The molecule has 0 saturated heterocycles. The van der Waals surface area contributed by atoms with Gasteiger partial charge in [0.15, 0.2) is 6.23 Å². The number of rotatable bonds is 3. The van der Waals surface area contributed by atoms with Crippen LogP contribution in [0.5, 0.6) is 0 Å². The number of nitrogens with zero attached hydrogens (tertiary/aromatic N) is 1. The van der Waals surface area contributed by atoms with Crippen LogP contribution in [0.3, 0.4) is 0 Å².